The second kappa shape index (κ2) is 8.74. The number of carbonyl (C=O) groups is 1. The summed E-state index contributed by atoms with van der Waals surface area (Å²) in [4.78, 5) is 19.9. The first-order valence-electron chi connectivity index (χ1n) is 10.4. The molecule has 3 heterocycles. The van der Waals surface area contributed by atoms with Crippen LogP contribution >= 0.6 is 0 Å². The van der Waals surface area contributed by atoms with Crippen LogP contribution in [0.3, 0.4) is 0 Å². The van der Waals surface area contributed by atoms with Gasteiger partial charge in [-0.25, -0.2) is 4.98 Å². The molecule has 0 bridgehead atoms. The quantitative estimate of drug-likeness (QED) is 0.755. The maximum absolute atomic E-state index is 14.4. The van der Waals surface area contributed by atoms with Gasteiger partial charge in [0.1, 0.15) is 5.69 Å². The maximum Gasteiger partial charge on any atom is 0.269 e. The molecule has 6 nitrogen and oxygen atoms in total. The Labute approximate surface area is 167 Å². The fourth-order valence-corrected chi connectivity index (χ4v) is 4.30. The molecule has 2 aliphatic rings. The van der Waals surface area contributed by atoms with Gasteiger partial charge in [-0.2, -0.15) is 4.39 Å². The molecule has 3 rings (SSSR count). The summed E-state index contributed by atoms with van der Waals surface area (Å²) >= 11 is 0. The number of piperazine rings is 1. The summed E-state index contributed by atoms with van der Waals surface area (Å²) in [6.45, 7) is 10.9. The first-order chi connectivity index (χ1) is 13.4. The molecular formula is C21H33FN4O2. The summed E-state index contributed by atoms with van der Waals surface area (Å²) in [6, 6.07) is 3.68. The van der Waals surface area contributed by atoms with E-state index in [1.807, 2.05) is 4.90 Å². The van der Waals surface area contributed by atoms with Crippen LogP contribution in [0.15, 0.2) is 12.1 Å². The van der Waals surface area contributed by atoms with Crippen molar-refractivity contribution >= 4 is 11.6 Å². The van der Waals surface area contributed by atoms with Gasteiger partial charge in [-0.15, -0.1) is 0 Å². The normalized spacial score (nSPS) is 23.8. The molecule has 0 aliphatic carbocycles. The molecule has 1 aromatic heterocycles. The largest absolute Gasteiger partial charge is 0.376 e. The van der Waals surface area contributed by atoms with E-state index in [1.165, 1.54) is 7.05 Å². The number of anilines is 1. The highest BCUT2D eigenvalue weighted by Crippen LogP contribution is 2.38. The fraction of sp³-hybridized carbons (Fsp3) is 0.714. The van der Waals surface area contributed by atoms with Crippen molar-refractivity contribution in [2.75, 3.05) is 44.7 Å². The summed E-state index contributed by atoms with van der Waals surface area (Å²) in [5.74, 6) is -0.960. The minimum Gasteiger partial charge on any atom is -0.376 e. The Hall–Kier alpha value is -1.73. The third kappa shape index (κ3) is 4.15. The van der Waals surface area contributed by atoms with Crippen molar-refractivity contribution in [3.05, 3.63) is 23.8 Å². The van der Waals surface area contributed by atoms with E-state index in [9.17, 15) is 9.18 Å². The summed E-state index contributed by atoms with van der Waals surface area (Å²) in [6.07, 6.45) is 3.67. The highest BCUT2D eigenvalue weighted by atomic mass is 19.1. The molecule has 28 heavy (non-hydrogen) atoms. The molecule has 1 amide bonds. The number of nitrogens with zero attached hydrogens (tertiary/aromatic N) is 3. The minimum absolute atomic E-state index is 0.103. The number of pyridine rings is 1. The first-order valence-corrected chi connectivity index (χ1v) is 10.4. The van der Waals surface area contributed by atoms with Gasteiger partial charge in [0.05, 0.1) is 18.4 Å². The average molecular weight is 393 g/mol. The third-order valence-corrected chi connectivity index (χ3v) is 6.83. The van der Waals surface area contributed by atoms with Gasteiger partial charge in [-0.3, -0.25) is 9.69 Å². The molecule has 1 aromatic rings. The second-order valence-electron chi connectivity index (χ2n) is 8.18. The predicted molar refractivity (Wildman–Crippen MR) is 108 cm³/mol. The van der Waals surface area contributed by atoms with Crippen molar-refractivity contribution in [1.29, 1.82) is 0 Å². The highest BCUT2D eigenvalue weighted by molar-refractivity contribution is 5.92. The van der Waals surface area contributed by atoms with Crippen molar-refractivity contribution in [2.45, 2.75) is 52.2 Å². The lowest BCUT2D eigenvalue weighted by Gasteiger charge is -2.39. The number of nitrogens with one attached hydrogen (secondary N) is 1. The minimum atomic E-state index is -0.583. The van der Waals surface area contributed by atoms with Crippen LogP contribution in [0.5, 0.6) is 0 Å². The highest BCUT2D eigenvalue weighted by Gasteiger charge is 2.40. The Morgan fingerprint density at radius 2 is 1.96 bits per heavy atom. The van der Waals surface area contributed by atoms with Crippen molar-refractivity contribution < 1.29 is 13.9 Å². The standard InChI is InChI=1S/C21H33FN4O2/c1-5-21(3,6-2)18-13-15(14-28-18)25-9-11-26(12-10-25)17-8-7-16(20(27)23-4)24-19(17)22/h7-8,15,18H,5-6,9-14H2,1-4H3,(H,23,27). The van der Waals surface area contributed by atoms with Gasteiger partial charge in [0.2, 0.25) is 5.95 Å². The Kier molecular flexibility index (Phi) is 6.55. The molecule has 2 saturated heterocycles. The van der Waals surface area contributed by atoms with E-state index in [0.717, 1.165) is 52.0 Å². The van der Waals surface area contributed by atoms with E-state index in [2.05, 4.69) is 36.0 Å². The van der Waals surface area contributed by atoms with Crippen molar-refractivity contribution in [3.8, 4) is 0 Å². The molecule has 2 fully saturated rings. The zero-order valence-corrected chi connectivity index (χ0v) is 17.5. The molecule has 7 heteroatoms. The van der Waals surface area contributed by atoms with E-state index < -0.39 is 5.95 Å². The summed E-state index contributed by atoms with van der Waals surface area (Å²) < 4.78 is 20.6. The first kappa shape index (κ1) is 21.0. The van der Waals surface area contributed by atoms with Gasteiger partial charge in [0, 0.05) is 39.3 Å². The van der Waals surface area contributed by atoms with Crippen LogP contribution in [0.4, 0.5) is 10.1 Å². The molecule has 156 valence electrons. The Balaban J connectivity index is 1.57. The smallest absolute Gasteiger partial charge is 0.269 e. The van der Waals surface area contributed by atoms with Crippen LogP contribution in [-0.4, -0.2) is 67.8 Å². The molecule has 2 unspecified atom stereocenters. The number of halogens is 1. The Morgan fingerprint density at radius 3 is 2.54 bits per heavy atom. The Bertz CT molecular complexity index is 687. The maximum atomic E-state index is 14.4. The van der Waals surface area contributed by atoms with Gasteiger partial charge >= 0.3 is 0 Å². The van der Waals surface area contributed by atoms with Gasteiger partial charge < -0.3 is 15.0 Å². The molecule has 2 atom stereocenters. The molecular weight excluding hydrogens is 359 g/mol. The third-order valence-electron chi connectivity index (χ3n) is 6.83. The number of hydrogen-bond donors (Lipinski definition) is 1. The van der Waals surface area contributed by atoms with Crippen molar-refractivity contribution in [2.24, 2.45) is 5.41 Å². The van der Waals surface area contributed by atoms with E-state index in [1.54, 1.807) is 12.1 Å². The fourth-order valence-electron chi connectivity index (χ4n) is 4.30. The number of amides is 1. The van der Waals surface area contributed by atoms with E-state index in [4.69, 9.17) is 4.74 Å². The lowest BCUT2D eigenvalue weighted by atomic mass is 9.77. The molecule has 0 spiro atoms. The molecule has 0 radical (unpaired) electrons. The van der Waals surface area contributed by atoms with Crippen LogP contribution in [0.2, 0.25) is 0 Å². The molecule has 0 aromatic carbocycles. The zero-order chi connectivity index (χ0) is 20.3. The number of ether oxygens (including phenoxy) is 1. The van der Waals surface area contributed by atoms with Gasteiger partial charge in [0.15, 0.2) is 0 Å². The van der Waals surface area contributed by atoms with E-state index >= 15 is 0 Å². The van der Waals surface area contributed by atoms with Gasteiger partial charge in [-0.05, 0) is 36.8 Å². The molecule has 1 N–H and O–H groups in total. The Morgan fingerprint density at radius 1 is 1.29 bits per heavy atom. The van der Waals surface area contributed by atoms with Crippen LogP contribution in [0, 0.1) is 11.4 Å². The lowest BCUT2D eigenvalue weighted by Crippen LogP contribution is -2.51. The van der Waals surface area contributed by atoms with Crippen molar-refractivity contribution in [3.63, 3.8) is 0 Å². The van der Waals surface area contributed by atoms with Crippen LogP contribution in [0.25, 0.3) is 0 Å². The van der Waals surface area contributed by atoms with Crippen LogP contribution in [0.1, 0.15) is 50.5 Å². The molecule has 0 saturated carbocycles. The number of carbonyl (C=O) groups excluding carboxylic acids is 1. The van der Waals surface area contributed by atoms with Crippen LogP contribution in [-0.2, 0) is 4.74 Å². The summed E-state index contributed by atoms with van der Waals surface area (Å²) in [7, 11) is 1.51. The molecule has 2 aliphatic heterocycles. The zero-order valence-electron chi connectivity index (χ0n) is 17.5. The van der Waals surface area contributed by atoms with Crippen molar-refractivity contribution in [1.82, 2.24) is 15.2 Å². The second-order valence-corrected chi connectivity index (χ2v) is 8.18. The lowest BCUT2D eigenvalue weighted by molar-refractivity contribution is 0.00247. The number of hydrogen-bond acceptors (Lipinski definition) is 5. The summed E-state index contributed by atoms with van der Waals surface area (Å²) in [5.41, 5.74) is 0.821. The SMILES string of the molecule is CCC(C)(CC)C1CC(N2CCN(c3ccc(C(=O)NC)nc3F)CC2)CO1. The number of rotatable bonds is 6. The van der Waals surface area contributed by atoms with Gasteiger partial charge in [0.25, 0.3) is 5.91 Å². The van der Waals surface area contributed by atoms with E-state index in [0.29, 0.717) is 17.8 Å². The number of aromatic nitrogens is 1. The van der Waals surface area contributed by atoms with E-state index in [-0.39, 0.29) is 17.0 Å². The van der Waals surface area contributed by atoms with Crippen LogP contribution < -0.4 is 10.2 Å². The average Bonchev–Trinajstić information content (AvgIpc) is 3.23. The monoisotopic (exact) mass is 392 g/mol. The predicted octanol–water partition coefficient (Wildman–Crippen LogP) is 2.69. The van der Waals surface area contributed by atoms with Gasteiger partial charge in [-0.1, -0.05) is 20.8 Å². The summed E-state index contributed by atoms with van der Waals surface area (Å²) in [5, 5.41) is 2.47. The topological polar surface area (TPSA) is 57.7 Å².